The van der Waals surface area contributed by atoms with E-state index in [2.05, 4.69) is 11.8 Å². The number of methoxy groups -OCH3 is 2. The molecule has 1 atom stereocenters. The van der Waals surface area contributed by atoms with Crippen LogP contribution in [0, 0.1) is 5.41 Å². The quantitative estimate of drug-likeness (QED) is 0.530. The highest BCUT2D eigenvalue weighted by atomic mass is 16.5. The molecule has 0 aromatic heterocycles. The monoisotopic (exact) mass is 279 g/mol. The highest BCUT2D eigenvalue weighted by Crippen LogP contribution is 2.13. The van der Waals surface area contributed by atoms with Crippen LogP contribution < -0.4 is 5.73 Å². The van der Waals surface area contributed by atoms with Gasteiger partial charge in [0.2, 0.25) is 0 Å². The Hall–Kier alpha value is -1.43. The summed E-state index contributed by atoms with van der Waals surface area (Å²) in [7, 11) is 3.40. The number of ether oxygens (including phenoxy) is 2. The van der Waals surface area contributed by atoms with Gasteiger partial charge in [-0.3, -0.25) is 10.3 Å². The fraction of sp³-hybridized carbons (Fsp3) is 0.533. The van der Waals surface area contributed by atoms with Crippen LogP contribution in [0.4, 0.5) is 0 Å². The predicted octanol–water partition coefficient (Wildman–Crippen LogP) is 1.45. The molecular formula is C15H25N3O2. The van der Waals surface area contributed by atoms with E-state index in [4.69, 9.17) is 20.6 Å². The lowest BCUT2D eigenvalue weighted by atomic mass is 10.1. The zero-order valence-electron chi connectivity index (χ0n) is 12.6. The molecule has 0 saturated heterocycles. The Bertz CT molecular complexity index is 423. The highest BCUT2D eigenvalue weighted by molar-refractivity contribution is 5.96. The van der Waals surface area contributed by atoms with E-state index in [1.165, 1.54) is 0 Å². The molecule has 0 bridgehead atoms. The summed E-state index contributed by atoms with van der Waals surface area (Å²) in [6.07, 6.45) is 0. The van der Waals surface area contributed by atoms with E-state index in [-0.39, 0.29) is 11.9 Å². The summed E-state index contributed by atoms with van der Waals surface area (Å²) in [5.74, 6) is 0.103. The number of nitrogens with zero attached hydrogens (tertiary/aromatic N) is 1. The van der Waals surface area contributed by atoms with Gasteiger partial charge in [-0.2, -0.15) is 0 Å². The topological polar surface area (TPSA) is 71.6 Å². The summed E-state index contributed by atoms with van der Waals surface area (Å²) < 4.78 is 10.4. The molecular weight excluding hydrogens is 254 g/mol. The minimum Gasteiger partial charge on any atom is -0.384 e. The van der Waals surface area contributed by atoms with Gasteiger partial charge in [0.25, 0.3) is 0 Å². The Kier molecular flexibility index (Phi) is 7.22. The number of nitrogens with two attached hydrogens (primary N) is 1. The summed E-state index contributed by atoms with van der Waals surface area (Å²) in [6, 6.07) is 8.04. The highest BCUT2D eigenvalue weighted by Gasteiger charge is 2.16. The largest absolute Gasteiger partial charge is 0.384 e. The number of hydrogen-bond donors (Lipinski definition) is 2. The van der Waals surface area contributed by atoms with Crippen LogP contribution in [0.15, 0.2) is 24.3 Å². The maximum Gasteiger partial charge on any atom is 0.123 e. The second-order valence-electron chi connectivity index (χ2n) is 4.84. The zero-order valence-corrected chi connectivity index (χ0v) is 12.6. The Balaban J connectivity index is 2.85. The second-order valence-corrected chi connectivity index (χ2v) is 4.84. The van der Waals surface area contributed by atoms with Crippen LogP contribution in [-0.2, 0) is 16.0 Å². The van der Waals surface area contributed by atoms with Crippen LogP contribution in [-0.4, -0.2) is 50.8 Å². The van der Waals surface area contributed by atoms with Gasteiger partial charge in [-0.25, -0.2) is 0 Å². The molecule has 1 rings (SSSR count). The Morgan fingerprint density at radius 3 is 2.60 bits per heavy atom. The van der Waals surface area contributed by atoms with Gasteiger partial charge in [0.05, 0.1) is 13.2 Å². The normalized spacial score (nSPS) is 12.6. The Morgan fingerprint density at radius 1 is 1.30 bits per heavy atom. The molecule has 0 radical (unpaired) electrons. The van der Waals surface area contributed by atoms with E-state index in [1.54, 1.807) is 14.2 Å². The molecule has 0 heterocycles. The first-order valence-corrected chi connectivity index (χ1v) is 6.74. The molecule has 0 amide bonds. The molecule has 0 aliphatic carbocycles. The van der Waals surface area contributed by atoms with E-state index < -0.39 is 0 Å². The average molecular weight is 279 g/mol. The lowest BCUT2D eigenvalue weighted by Gasteiger charge is -2.29. The van der Waals surface area contributed by atoms with Gasteiger partial charge in [0.1, 0.15) is 5.84 Å². The third-order valence-electron chi connectivity index (χ3n) is 3.29. The van der Waals surface area contributed by atoms with Crippen LogP contribution >= 0.6 is 0 Å². The van der Waals surface area contributed by atoms with Crippen LogP contribution in [0.5, 0.6) is 0 Å². The van der Waals surface area contributed by atoms with Crippen molar-refractivity contribution in [1.82, 2.24) is 4.90 Å². The first-order valence-electron chi connectivity index (χ1n) is 6.74. The molecule has 3 N–H and O–H groups in total. The first-order chi connectivity index (χ1) is 9.60. The van der Waals surface area contributed by atoms with Crippen LogP contribution in [0.2, 0.25) is 0 Å². The molecule has 5 nitrogen and oxygen atoms in total. The standard InChI is InChI=1S/C15H25N3O2/c1-12(11-20-3)18(8-9-19-2)10-13-6-4-5-7-14(13)15(16)17/h4-7,12H,8-11H2,1-3H3,(H3,16,17). The van der Waals surface area contributed by atoms with Crippen LogP contribution in [0.1, 0.15) is 18.1 Å². The molecule has 0 spiro atoms. The van der Waals surface area contributed by atoms with Crippen molar-refractivity contribution < 1.29 is 9.47 Å². The first kappa shape index (κ1) is 16.6. The number of rotatable bonds is 9. The summed E-state index contributed by atoms with van der Waals surface area (Å²) in [5, 5.41) is 7.66. The van der Waals surface area contributed by atoms with Gasteiger partial charge in [-0.05, 0) is 12.5 Å². The van der Waals surface area contributed by atoms with Crippen molar-refractivity contribution in [2.45, 2.75) is 19.5 Å². The van der Waals surface area contributed by atoms with Gasteiger partial charge in [-0.1, -0.05) is 24.3 Å². The van der Waals surface area contributed by atoms with Gasteiger partial charge >= 0.3 is 0 Å². The van der Waals surface area contributed by atoms with Gasteiger partial charge in [-0.15, -0.1) is 0 Å². The van der Waals surface area contributed by atoms with Crippen LogP contribution in [0.3, 0.4) is 0 Å². The molecule has 112 valence electrons. The van der Waals surface area contributed by atoms with E-state index in [9.17, 15) is 0 Å². The van der Waals surface area contributed by atoms with Crippen molar-refractivity contribution in [3.63, 3.8) is 0 Å². The molecule has 1 aromatic rings. The predicted molar refractivity (Wildman–Crippen MR) is 81.1 cm³/mol. The number of hydrogen-bond acceptors (Lipinski definition) is 4. The van der Waals surface area contributed by atoms with Crippen molar-refractivity contribution in [3.8, 4) is 0 Å². The minimum atomic E-state index is 0.103. The number of amidine groups is 1. The van der Waals surface area contributed by atoms with E-state index in [1.807, 2.05) is 24.3 Å². The van der Waals surface area contributed by atoms with Crippen LogP contribution in [0.25, 0.3) is 0 Å². The summed E-state index contributed by atoms with van der Waals surface area (Å²) in [6.45, 7) is 4.98. The molecule has 0 aliphatic heterocycles. The minimum absolute atomic E-state index is 0.103. The van der Waals surface area contributed by atoms with E-state index in [0.29, 0.717) is 13.2 Å². The second kappa shape index (κ2) is 8.68. The van der Waals surface area contributed by atoms with Gasteiger partial charge in [0, 0.05) is 38.9 Å². The lowest BCUT2D eigenvalue weighted by molar-refractivity contribution is 0.0705. The molecule has 1 aromatic carbocycles. The number of nitrogen functional groups attached to an aromatic ring is 1. The maximum atomic E-state index is 7.66. The number of benzene rings is 1. The molecule has 0 aliphatic rings. The van der Waals surface area contributed by atoms with Crippen molar-refractivity contribution >= 4 is 5.84 Å². The molecule has 0 saturated carbocycles. The average Bonchev–Trinajstić information content (AvgIpc) is 2.43. The Morgan fingerprint density at radius 2 is 2.00 bits per heavy atom. The molecule has 20 heavy (non-hydrogen) atoms. The third kappa shape index (κ3) is 4.92. The molecule has 5 heteroatoms. The van der Waals surface area contributed by atoms with Crippen molar-refractivity contribution in [2.75, 3.05) is 34.0 Å². The van der Waals surface area contributed by atoms with Crippen molar-refractivity contribution in [3.05, 3.63) is 35.4 Å². The van der Waals surface area contributed by atoms with Gasteiger partial charge in [0.15, 0.2) is 0 Å². The van der Waals surface area contributed by atoms with Crippen molar-refractivity contribution in [1.29, 1.82) is 5.41 Å². The fourth-order valence-electron chi connectivity index (χ4n) is 2.15. The van der Waals surface area contributed by atoms with Gasteiger partial charge < -0.3 is 15.2 Å². The van der Waals surface area contributed by atoms with E-state index in [0.717, 1.165) is 24.2 Å². The van der Waals surface area contributed by atoms with E-state index >= 15 is 0 Å². The lowest BCUT2D eigenvalue weighted by Crippen LogP contribution is -2.38. The zero-order chi connectivity index (χ0) is 15.0. The Labute approximate surface area is 121 Å². The fourth-order valence-corrected chi connectivity index (χ4v) is 2.15. The summed E-state index contributed by atoms with van der Waals surface area (Å²) in [5.41, 5.74) is 7.49. The SMILES string of the molecule is COCCN(Cc1ccccc1C(=N)N)C(C)COC. The summed E-state index contributed by atoms with van der Waals surface area (Å²) in [4.78, 5) is 2.27. The summed E-state index contributed by atoms with van der Waals surface area (Å²) >= 11 is 0. The smallest absolute Gasteiger partial charge is 0.123 e. The maximum absolute atomic E-state index is 7.66. The molecule has 1 unspecified atom stereocenters. The molecule has 0 fully saturated rings. The number of nitrogens with one attached hydrogen (secondary N) is 1. The van der Waals surface area contributed by atoms with Crippen molar-refractivity contribution in [2.24, 2.45) is 5.73 Å². The third-order valence-corrected chi connectivity index (χ3v) is 3.29.